The van der Waals surface area contributed by atoms with E-state index >= 15 is 0 Å². The fraction of sp³-hybridized carbons (Fsp3) is 0.571. The molecule has 100 valence electrons. The second-order valence-electron chi connectivity index (χ2n) is 4.72. The monoisotopic (exact) mass is 253 g/mol. The Balaban J connectivity index is 1.74. The molecule has 1 aliphatic rings. The van der Waals surface area contributed by atoms with E-state index in [0.717, 1.165) is 26.1 Å². The van der Waals surface area contributed by atoms with E-state index in [2.05, 4.69) is 0 Å². The van der Waals surface area contributed by atoms with Gasteiger partial charge >= 0.3 is 0 Å². The summed E-state index contributed by atoms with van der Waals surface area (Å²) in [5.41, 5.74) is 6.44. The van der Waals surface area contributed by atoms with Crippen LogP contribution < -0.4 is 5.73 Å². The molecule has 2 rings (SSSR count). The van der Waals surface area contributed by atoms with Crippen LogP contribution in [0.15, 0.2) is 24.3 Å². The van der Waals surface area contributed by atoms with Crippen molar-refractivity contribution in [3.63, 3.8) is 0 Å². The molecule has 0 saturated carbocycles. The van der Waals surface area contributed by atoms with Gasteiger partial charge in [0.05, 0.1) is 12.6 Å². The lowest BCUT2D eigenvalue weighted by Gasteiger charge is -2.22. The quantitative estimate of drug-likeness (QED) is 0.875. The third-order valence-electron chi connectivity index (χ3n) is 3.30. The van der Waals surface area contributed by atoms with Gasteiger partial charge in [-0.05, 0) is 24.8 Å². The molecule has 1 saturated heterocycles. The first-order valence-electron chi connectivity index (χ1n) is 6.43. The van der Waals surface area contributed by atoms with Crippen molar-refractivity contribution in [1.29, 1.82) is 0 Å². The molecule has 1 atom stereocenters. The van der Waals surface area contributed by atoms with Gasteiger partial charge < -0.3 is 15.2 Å². The van der Waals surface area contributed by atoms with Gasteiger partial charge in [-0.15, -0.1) is 0 Å². The SMILES string of the molecule is NC(COCC1CCOCC1)c1ccccc1F. The van der Waals surface area contributed by atoms with Crippen molar-refractivity contribution in [1.82, 2.24) is 0 Å². The van der Waals surface area contributed by atoms with Crippen LogP contribution in [0, 0.1) is 11.7 Å². The van der Waals surface area contributed by atoms with Crippen molar-refractivity contribution in [2.45, 2.75) is 18.9 Å². The first-order chi connectivity index (χ1) is 8.77. The predicted octanol–water partition coefficient (Wildman–Crippen LogP) is 2.27. The van der Waals surface area contributed by atoms with Gasteiger partial charge in [-0.3, -0.25) is 0 Å². The van der Waals surface area contributed by atoms with E-state index in [1.807, 2.05) is 0 Å². The van der Waals surface area contributed by atoms with Crippen molar-refractivity contribution < 1.29 is 13.9 Å². The summed E-state index contributed by atoms with van der Waals surface area (Å²) in [6, 6.07) is 6.18. The predicted molar refractivity (Wildman–Crippen MR) is 67.7 cm³/mol. The largest absolute Gasteiger partial charge is 0.381 e. The second kappa shape index (κ2) is 6.83. The number of hydrogen-bond donors (Lipinski definition) is 1. The van der Waals surface area contributed by atoms with E-state index in [1.165, 1.54) is 6.07 Å². The van der Waals surface area contributed by atoms with E-state index in [0.29, 0.717) is 24.7 Å². The molecule has 4 heteroatoms. The van der Waals surface area contributed by atoms with Crippen LogP contribution in [0.4, 0.5) is 4.39 Å². The van der Waals surface area contributed by atoms with Crippen LogP contribution in [0.2, 0.25) is 0 Å². The standard InChI is InChI=1S/C14H20FNO2/c15-13-4-2-1-3-12(13)14(16)10-18-9-11-5-7-17-8-6-11/h1-4,11,14H,5-10,16H2. The Labute approximate surface area is 107 Å². The summed E-state index contributed by atoms with van der Waals surface area (Å²) >= 11 is 0. The van der Waals surface area contributed by atoms with E-state index in [-0.39, 0.29) is 5.82 Å². The minimum absolute atomic E-state index is 0.264. The Morgan fingerprint density at radius 1 is 1.33 bits per heavy atom. The summed E-state index contributed by atoms with van der Waals surface area (Å²) < 4.78 is 24.3. The Kier molecular flexibility index (Phi) is 5.11. The van der Waals surface area contributed by atoms with Gasteiger partial charge in [0.15, 0.2) is 0 Å². The van der Waals surface area contributed by atoms with E-state index in [4.69, 9.17) is 15.2 Å². The van der Waals surface area contributed by atoms with Gasteiger partial charge in [-0.1, -0.05) is 18.2 Å². The minimum Gasteiger partial charge on any atom is -0.381 e. The molecule has 1 heterocycles. The summed E-state index contributed by atoms with van der Waals surface area (Å²) in [7, 11) is 0. The van der Waals surface area contributed by atoms with Gasteiger partial charge in [0.2, 0.25) is 0 Å². The van der Waals surface area contributed by atoms with Gasteiger partial charge in [-0.2, -0.15) is 0 Å². The maximum atomic E-state index is 13.5. The summed E-state index contributed by atoms with van der Waals surface area (Å²) in [4.78, 5) is 0. The molecule has 0 aromatic heterocycles. The zero-order valence-corrected chi connectivity index (χ0v) is 10.5. The molecular weight excluding hydrogens is 233 g/mol. The lowest BCUT2D eigenvalue weighted by Crippen LogP contribution is -2.24. The van der Waals surface area contributed by atoms with Crippen LogP contribution >= 0.6 is 0 Å². The van der Waals surface area contributed by atoms with Gasteiger partial charge in [-0.25, -0.2) is 4.39 Å². The van der Waals surface area contributed by atoms with Crippen LogP contribution in [-0.2, 0) is 9.47 Å². The average Bonchev–Trinajstić information content (AvgIpc) is 2.40. The molecule has 0 aliphatic carbocycles. The Morgan fingerprint density at radius 2 is 2.06 bits per heavy atom. The highest BCUT2D eigenvalue weighted by Gasteiger charge is 2.15. The molecule has 0 bridgehead atoms. The van der Waals surface area contributed by atoms with Crippen molar-refractivity contribution in [3.8, 4) is 0 Å². The lowest BCUT2D eigenvalue weighted by molar-refractivity contribution is 0.0172. The number of benzene rings is 1. The van der Waals surface area contributed by atoms with E-state index in [1.54, 1.807) is 18.2 Å². The molecule has 0 radical (unpaired) electrons. The van der Waals surface area contributed by atoms with E-state index < -0.39 is 6.04 Å². The summed E-state index contributed by atoms with van der Waals surface area (Å²) in [5, 5.41) is 0. The Bertz CT molecular complexity index is 367. The molecule has 1 aromatic carbocycles. The fourth-order valence-corrected chi connectivity index (χ4v) is 2.14. The minimum atomic E-state index is -0.397. The van der Waals surface area contributed by atoms with Gasteiger partial charge in [0.25, 0.3) is 0 Å². The number of rotatable bonds is 5. The second-order valence-corrected chi connectivity index (χ2v) is 4.72. The van der Waals surface area contributed by atoms with Crippen LogP contribution in [0.25, 0.3) is 0 Å². The number of nitrogens with two attached hydrogens (primary N) is 1. The third-order valence-corrected chi connectivity index (χ3v) is 3.30. The summed E-state index contributed by atoms with van der Waals surface area (Å²) in [6.07, 6.45) is 2.07. The van der Waals surface area contributed by atoms with Crippen LogP contribution in [-0.4, -0.2) is 26.4 Å². The molecule has 0 amide bonds. The zero-order chi connectivity index (χ0) is 12.8. The maximum Gasteiger partial charge on any atom is 0.128 e. The van der Waals surface area contributed by atoms with Crippen molar-refractivity contribution in [3.05, 3.63) is 35.6 Å². The maximum absolute atomic E-state index is 13.5. The normalized spacial score (nSPS) is 18.8. The smallest absolute Gasteiger partial charge is 0.128 e. The molecule has 0 spiro atoms. The van der Waals surface area contributed by atoms with Crippen LogP contribution in [0.3, 0.4) is 0 Å². The van der Waals surface area contributed by atoms with Crippen molar-refractivity contribution in [2.24, 2.45) is 11.7 Å². The first kappa shape index (κ1) is 13.5. The summed E-state index contributed by atoms with van der Waals surface area (Å²) in [5.74, 6) is 0.284. The molecular formula is C14H20FNO2. The van der Waals surface area contributed by atoms with Crippen LogP contribution in [0.1, 0.15) is 24.4 Å². The molecule has 18 heavy (non-hydrogen) atoms. The van der Waals surface area contributed by atoms with Crippen LogP contribution in [0.5, 0.6) is 0 Å². The highest BCUT2D eigenvalue weighted by molar-refractivity contribution is 5.20. The zero-order valence-electron chi connectivity index (χ0n) is 10.5. The van der Waals surface area contributed by atoms with Crippen molar-refractivity contribution in [2.75, 3.05) is 26.4 Å². The molecule has 1 aromatic rings. The molecule has 2 N–H and O–H groups in total. The topological polar surface area (TPSA) is 44.5 Å². The third kappa shape index (κ3) is 3.77. The highest BCUT2D eigenvalue weighted by Crippen LogP contribution is 2.17. The van der Waals surface area contributed by atoms with Gasteiger partial charge in [0, 0.05) is 25.4 Å². The Morgan fingerprint density at radius 3 is 2.78 bits per heavy atom. The fourth-order valence-electron chi connectivity index (χ4n) is 2.14. The Hall–Kier alpha value is -0.970. The number of ether oxygens (including phenoxy) is 2. The number of hydrogen-bond acceptors (Lipinski definition) is 3. The number of halogens is 1. The lowest BCUT2D eigenvalue weighted by atomic mass is 10.0. The molecule has 1 aliphatic heterocycles. The first-order valence-corrected chi connectivity index (χ1v) is 6.43. The van der Waals surface area contributed by atoms with Gasteiger partial charge in [0.1, 0.15) is 5.82 Å². The van der Waals surface area contributed by atoms with Crippen molar-refractivity contribution >= 4 is 0 Å². The average molecular weight is 253 g/mol. The highest BCUT2D eigenvalue weighted by atomic mass is 19.1. The summed E-state index contributed by atoms with van der Waals surface area (Å²) in [6.45, 7) is 2.67. The molecule has 1 unspecified atom stereocenters. The molecule has 3 nitrogen and oxygen atoms in total. The molecule has 1 fully saturated rings. The van der Waals surface area contributed by atoms with E-state index in [9.17, 15) is 4.39 Å².